The van der Waals surface area contributed by atoms with Gasteiger partial charge in [0.05, 0.1) is 7.11 Å². The zero-order valence-corrected chi connectivity index (χ0v) is 9.80. The zero-order chi connectivity index (χ0) is 11.7. The van der Waals surface area contributed by atoms with Crippen molar-refractivity contribution in [3.63, 3.8) is 0 Å². The molecule has 0 atom stereocenters. The molecule has 0 saturated heterocycles. The number of aryl methyl sites for hydroxylation is 1. The van der Waals surface area contributed by atoms with Crippen molar-refractivity contribution < 1.29 is 13.9 Å². The van der Waals surface area contributed by atoms with Crippen LogP contribution in [0, 0.1) is 6.92 Å². The molecule has 0 radical (unpaired) electrons. The van der Waals surface area contributed by atoms with Crippen LogP contribution in [0.2, 0.25) is 0 Å². The lowest BCUT2D eigenvalue weighted by atomic mass is 10.1. The van der Waals surface area contributed by atoms with Gasteiger partial charge in [-0.2, -0.15) is 0 Å². The van der Waals surface area contributed by atoms with Crippen LogP contribution in [0.4, 0.5) is 0 Å². The van der Waals surface area contributed by atoms with E-state index in [1.54, 1.807) is 0 Å². The van der Waals surface area contributed by atoms with Crippen molar-refractivity contribution in [3.05, 3.63) is 35.1 Å². The van der Waals surface area contributed by atoms with E-state index in [1.807, 2.05) is 25.1 Å². The van der Waals surface area contributed by atoms with Gasteiger partial charge in [-0.15, -0.1) is 11.6 Å². The van der Waals surface area contributed by atoms with Gasteiger partial charge in [0.25, 0.3) is 0 Å². The highest BCUT2D eigenvalue weighted by Gasteiger charge is 2.17. The summed E-state index contributed by atoms with van der Waals surface area (Å²) < 4.78 is 10.1. The third-order valence-electron chi connectivity index (χ3n) is 2.53. The normalized spacial score (nSPS) is 10.7. The first-order valence-corrected chi connectivity index (χ1v) is 5.37. The number of rotatable bonds is 2. The fraction of sp³-hybridized carbons (Fsp3) is 0.250. The van der Waals surface area contributed by atoms with Gasteiger partial charge < -0.3 is 9.15 Å². The minimum absolute atomic E-state index is 0.254. The molecule has 0 N–H and O–H groups in total. The molecule has 3 nitrogen and oxygen atoms in total. The van der Waals surface area contributed by atoms with Crippen molar-refractivity contribution in [1.82, 2.24) is 0 Å². The molecule has 1 aromatic heterocycles. The second-order valence-corrected chi connectivity index (χ2v) is 3.78. The predicted molar refractivity (Wildman–Crippen MR) is 61.8 cm³/mol. The van der Waals surface area contributed by atoms with Crippen molar-refractivity contribution in [2.75, 3.05) is 7.11 Å². The van der Waals surface area contributed by atoms with Crippen LogP contribution in [0.25, 0.3) is 11.0 Å². The standard InChI is InChI=1S/C12H11ClO3/c1-7-9-5-8(6-13)3-4-10(9)16-11(7)12(14)15-2/h3-5H,6H2,1-2H3. The lowest BCUT2D eigenvalue weighted by Gasteiger charge is -1.95. The molecular weight excluding hydrogens is 228 g/mol. The van der Waals surface area contributed by atoms with Crippen molar-refractivity contribution in [2.24, 2.45) is 0 Å². The largest absolute Gasteiger partial charge is 0.463 e. The first-order valence-electron chi connectivity index (χ1n) is 4.83. The fourth-order valence-corrected chi connectivity index (χ4v) is 1.80. The summed E-state index contributed by atoms with van der Waals surface area (Å²) in [4.78, 5) is 11.4. The molecule has 2 rings (SSSR count). The molecule has 0 fully saturated rings. The highest BCUT2D eigenvalue weighted by molar-refractivity contribution is 6.17. The lowest BCUT2D eigenvalue weighted by molar-refractivity contribution is 0.0566. The molecule has 4 heteroatoms. The summed E-state index contributed by atoms with van der Waals surface area (Å²) >= 11 is 5.75. The van der Waals surface area contributed by atoms with Gasteiger partial charge >= 0.3 is 5.97 Å². The van der Waals surface area contributed by atoms with Crippen LogP contribution >= 0.6 is 11.6 Å². The summed E-state index contributed by atoms with van der Waals surface area (Å²) in [6, 6.07) is 5.61. The molecule has 0 saturated carbocycles. The molecule has 16 heavy (non-hydrogen) atoms. The molecule has 0 bridgehead atoms. The van der Waals surface area contributed by atoms with Crippen LogP contribution < -0.4 is 0 Å². The van der Waals surface area contributed by atoms with E-state index in [0.717, 1.165) is 16.5 Å². The predicted octanol–water partition coefficient (Wildman–Crippen LogP) is 3.27. The topological polar surface area (TPSA) is 39.4 Å². The fourth-order valence-electron chi connectivity index (χ4n) is 1.64. The maximum absolute atomic E-state index is 11.4. The van der Waals surface area contributed by atoms with Crippen LogP contribution in [-0.2, 0) is 10.6 Å². The third kappa shape index (κ3) is 1.67. The summed E-state index contributed by atoms with van der Waals surface area (Å²) in [6.45, 7) is 1.83. The summed E-state index contributed by atoms with van der Waals surface area (Å²) in [7, 11) is 1.33. The summed E-state index contributed by atoms with van der Waals surface area (Å²) in [6.07, 6.45) is 0. The average molecular weight is 239 g/mol. The molecule has 0 unspecified atom stereocenters. The van der Waals surface area contributed by atoms with Crippen LogP contribution in [0.5, 0.6) is 0 Å². The Balaban J connectivity index is 2.64. The SMILES string of the molecule is COC(=O)c1oc2ccc(CCl)cc2c1C. The van der Waals surface area contributed by atoms with E-state index in [1.165, 1.54) is 7.11 Å². The third-order valence-corrected chi connectivity index (χ3v) is 2.83. The Kier molecular flexibility index (Phi) is 2.88. The smallest absolute Gasteiger partial charge is 0.374 e. The van der Waals surface area contributed by atoms with E-state index in [4.69, 9.17) is 16.0 Å². The van der Waals surface area contributed by atoms with E-state index < -0.39 is 5.97 Å². The highest BCUT2D eigenvalue weighted by atomic mass is 35.5. The highest BCUT2D eigenvalue weighted by Crippen LogP contribution is 2.27. The van der Waals surface area contributed by atoms with Gasteiger partial charge in [0.15, 0.2) is 0 Å². The maximum Gasteiger partial charge on any atom is 0.374 e. The Bertz CT molecular complexity index is 542. The quantitative estimate of drug-likeness (QED) is 0.596. The number of methoxy groups -OCH3 is 1. The zero-order valence-electron chi connectivity index (χ0n) is 9.04. The van der Waals surface area contributed by atoms with Gasteiger partial charge in [-0.25, -0.2) is 4.79 Å². The van der Waals surface area contributed by atoms with Gasteiger partial charge in [-0.3, -0.25) is 0 Å². The van der Waals surface area contributed by atoms with Crippen LogP contribution in [0.15, 0.2) is 22.6 Å². The van der Waals surface area contributed by atoms with Crippen LogP contribution in [0.3, 0.4) is 0 Å². The molecule has 1 heterocycles. The number of ether oxygens (including phenoxy) is 1. The van der Waals surface area contributed by atoms with Gasteiger partial charge in [-0.1, -0.05) is 6.07 Å². The monoisotopic (exact) mass is 238 g/mol. The molecule has 1 aromatic carbocycles. The number of benzene rings is 1. The maximum atomic E-state index is 11.4. The number of hydrogen-bond donors (Lipinski definition) is 0. The number of furan rings is 1. The van der Waals surface area contributed by atoms with Gasteiger partial charge in [0.1, 0.15) is 5.58 Å². The summed E-state index contributed by atoms with van der Waals surface area (Å²) in [5, 5.41) is 0.901. The van der Waals surface area contributed by atoms with Crippen molar-refractivity contribution in [1.29, 1.82) is 0 Å². The van der Waals surface area contributed by atoms with E-state index in [0.29, 0.717) is 11.5 Å². The molecule has 0 spiro atoms. The molecule has 0 aliphatic carbocycles. The molecule has 84 valence electrons. The van der Waals surface area contributed by atoms with E-state index in [-0.39, 0.29) is 5.76 Å². The Morgan fingerprint density at radius 1 is 1.50 bits per heavy atom. The summed E-state index contributed by atoms with van der Waals surface area (Å²) in [5.74, 6) is 0.235. The van der Waals surface area contributed by atoms with Crippen LogP contribution in [-0.4, -0.2) is 13.1 Å². The molecule has 0 aliphatic rings. The number of esters is 1. The number of carbonyl (C=O) groups is 1. The van der Waals surface area contributed by atoms with Gasteiger partial charge in [0, 0.05) is 16.8 Å². The number of hydrogen-bond acceptors (Lipinski definition) is 3. The van der Waals surface area contributed by atoms with E-state index in [9.17, 15) is 4.79 Å². The van der Waals surface area contributed by atoms with Gasteiger partial charge in [-0.05, 0) is 24.6 Å². The number of fused-ring (bicyclic) bond motifs is 1. The second-order valence-electron chi connectivity index (χ2n) is 3.51. The Hall–Kier alpha value is -1.48. The minimum atomic E-state index is -0.457. The Labute approximate surface area is 97.9 Å². The first-order chi connectivity index (χ1) is 7.67. The molecule has 2 aromatic rings. The van der Waals surface area contributed by atoms with Crippen molar-refractivity contribution in [3.8, 4) is 0 Å². The number of carbonyl (C=O) groups excluding carboxylic acids is 1. The van der Waals surface area contributed by atoms with E-state index in [2.05, 4.69) is 4.74 Å². The Morgan fingerprint density at radius 2 is 2.25 bits per heavy atom. The van der Waals surface area contributed by atoms with E-state index >= 15 is 0 Å². The minimum Gasteiger partial charge on any atom is -0.463 e. The van der Waals surface area contributed by atoms with Gasteiger partial charge in [0.2, 0.25) is 5.76 Å². The number of halogens is 1. The first kappa shape index (κ1) is 11.0. The second kappa shape index (κ2) is 4.18. The van der Waals surface area contributed by atoms with Crippen molar-refractivity contribution >= 4 is 28.5 Å². The molecule has 0 aliphatic heterocycles. The Morgan fingerprint density at radius 3 is 2.88 bits per heavy atom. The van der Waals surface area contributed by atoms with Crippen LogP contribution in [0.1, 0.15) is 21.7 Å². The molecular formula is C12H11ClO3. The van der Waals surface area contributed by atoms with Crippen molar-refractivity contribution in [2.45, 2.75) is 12.8 Å². The lowest BCUT2D eigenvalue weighted by Crippen LogP contribution is -2.00. The molecule has 0 amide bonds. The number of alkyl halides is 1. The average Bonchev–Trinajstić information content (AvgIpc) is 2.65. The summed E-state index contributed by atoms with van der Waals surface area (Å²) in [5.41, 5.74) is 2.45.